The van der Waals surface area contributed by atoms with E-state index in [2.05, 4.69) is 5.32 Å². The number of alkyl halides is 1. The van der Waals surface area contributed by atoms with Crippen LogP contribution in [0, 0.1) is 0 Å². The Balaban J connectivity index is 2.84. The van der Waals surface area contributed by atoms with Crippen molar-refractivity contribution in [2.45, 2.75) is 17.2 Å². The molecular weight excluding hydrogens is 252 g/mol. The first-order chi connectivity index (χ1) is 7.30. The number of halogens is 1. The van der Waals surface area contributed by atoms with Gasteiger partial charge < -0.3 is 5.32 Å². The number of hydrogen-bond acceptors (Lipinski definition) is 3. The molecule has 0 saturated carbocycles. The molecule has 0 aliphatic heterocycles. The van der Waals surface area contributed by atoms with Gasteiger partial charge in [0.25, 0.3) is 0 Å². The lowest BCUT2D eigenvalue weighted by Gasteiger charge is -2.06. The smallest absolute Gasteiger partial charge is 0.242 e. The number of sulfonamides is 1. The molecule has 3 N–H and O–H groups in total. The van der Waals surface area contributed by atoms with Gasteiger partial charge in [-0.1, -0.05) is 0 Å². The summed E-state index contributed by atoms with van der Waals surface area (Å²) in [6.45, 7) is 1.54. The van der Waals surface area contributed by atoms with E-state index in [1.165, 1.54) is 31.2 Å². The van der Waals surface area contributed by atoms with E-state index < -0.39 is 15.4 Å². The van der Waals surface area contributed by atoms with Gasteiger partial charge >= 0.3 is 0 Å². The molecule has 5 nitrogen and oxygen atoms in total. The van der Waals surface area contributed by atoms with Crippen LogP contribution in [-0.4, -0.2) is 19.7 Å². The number of nitrogens with two attached hydrogens (primary N) is 1. The zero-order valence-corrected chi connectivity index (χ0v) is 10.0. The third-order valence-electron chi connectivity index (χ3n) is 1.81. The van der Waals surface area contributed by atoms with Crippen LogP contribution in [-0.2, 0) is 14.8 Å². The predicted molar refractivity (Wildman–Crippen MR) is 61.8 cm³/mol. The second-order valence-electron chi connectivity index (χ2n) is 3.17. The van der Waals surface area contributed by atoms with E-state index in [0.29, 0.717) is 5.69 Å². The predicted octanol–water partition coefficient (Wildman–Crippen LogP) is 0.900. The Morgan fingerprint density at radius 3 is 2.25 bits per heavy atom. The molecule has 88 valence electrons. The first-order valence-corrected chi connectivity index (χ1v) is 6.37. The summed E-state index contributed by atoms with van der Waals surface area (Å²) in [6, 6.07) is 5.50. The fourth-order valence-electron chi connectivity index (χ4n) is 0.970. The molecule has 0 aliphatic carbocycles. The molecule has 1 aromatic carbocycles. The summed E-state index contributed by atoms with van der Waals surface area (Å²) in [6.07, 6.45) is 0. The minimum atomic E-state index is -3.70. The van der Waals surface area contributed by atoms with E-state index in [4.69, 9.17) is 16.7 Å². The maximum Gasteiger partial charge on any atom is 0.242 e. The molecule has 1 rings (SSSR count). The molecule has 0 spiro atoms. The third-order valence-corrected chi connectivity index (χ3v) is 2.94. The highest BCUT2D eigenvalue weighted by atomic mass is 35.5. The molecule has 1 aromatic rings. The molecule has 0 saturated heterocycles. The number of primary sulfonamides is 1. The number of hydrogen-bond donors (Lipinski definition) is 2. The maximum atomic E-state index is 11.2. The van der Waals surface area contributed by atoms with E-state index in [1.807, 2.05) is 0 Å². The highest BCUT2D eigenvalue weighted by Crippen LogP contribution is 2.13. The Labute approximate surface area is 98.6 Å². The summed E-state index contributed by atoms with van der Waals surface area (Å²) in [4.78, 5) is 11.2. The first kappa shape index (κ1) is 13.0. The quantitative estimate of drug-likeness (QED) is 0.793. The van der Waals surface area contributed by atoms with Crippen LogP contribution in [0.2, 0.25) is 0 Å². The molecule has 1 atom stereocenters. The average Bonchev–Trinajstić information content (AvgIpc) is 2.17. The van der Waals surface area contributed by atoms with E-state index in [1.54, 1.807) is 0 Å². The van der Waals surface area contributed by atoms with Crippen LogP contribution in [0.25, 0.3) is 0 Å². The number of rotatable bonds is 3. The summed E-state index contributed by atoms with van der Waals surface area (Å²) in [5.41, 5.74) is 0.463. The van der Waals surface area contributed by atoms with Gasteiger partial charge in [-0.3, -0.25) is 4.79 Å². The first-order valence-electron chi connectivity index (χ1n) is 4.38. The van der Waals surface area contributed by atoms with Gasteiger partial charge in [-0.25, -0.2) is 13.6 Å². The number of nitrogens with one attached hydrogen (secondary N) is 1. The SMILES string of the molecule is C[C@H](Cl)C(=O)Nc1ccc(S(N)(=O)=O)cc1. The molecule has 7 heteroatoms. The summed E-state index contributed by atoms with van der Waals surface area (Å²) >= 11 is 5.55. The van der Waals surface area contributed by atoms with Crippen LogP contribution in [0.5, 0.6) is 0 Å². The molecule has 1 amide bonds. The van der Waals surface area contributed by atoms with Crippen molar-refractivity contribution in [3.63, 3.8) is 0 Å². The molecule has 0 heterocycles. The minimum Gasteiger partial charge on any atom is -0.325 e. The van der Waals surface area contributed by atoms with Crippen LogP contribution in [0.3, 0.4) is 0 Å². The highest BCUT2D eigenvalue weighted by Gasteiger charge is 2.10. The van der Waals surface area contributed by atoms with Crippen molar-refractivity contribution >= 4 is 33.2 Å². The largest absolute Gasteiger partial charge is 0.325 e. The zero-order valence-electron chi connectivity index (χ0n) is 8.48. The van der Waals surface area contributed by atoms with Crippen molar-refractivity contribution in [2.24, 2.45) is 5.14 Å². The number of benzene rings is 1. The second-order valence-corrected chi connectivity index (χ2v) is 5.39. The van der Waals surface area contributed by atoms with Crippen LogP contribution in [0.4, 0.5) is 5.69 Å². The van der Waals surface area contributed by atoms with Crippen molar-refractivity contribution in [1.82, 2.24) is 0 Å². The highest BCUT2D eigenvalue weighted by molar-refractivity contribution is 7.89. The number of anilines is 1. The number of carbonyl (C=O) groups excluding carboxylic acids is 1. The van der Waals surface area contributed by atoms with Gasteiger partial charge in [-0.15, -0.1) is 11.6 Å². The molecule has 16 heavy (non-hydrogen) atoms. The van der Waals surface area contributed by atoms with Gasteiger partial charge in [0, 0.05) is 5.69 Å². The van der Waals surface area contributed by atoms with Crippen molar-refractivity contribution in [1.29, 1.82) is 0 Å². The molecule has 0 aromatic heterocycles. The van der Waals surface area contributed by atoms with Crippen LogP contribution in [0.15, 0.2) is 29.2 Å². The monoisotopic (exact) mass is 262 g/mol. The van der Waals surface area contributed by atoms with E-state index in [0.717, 1.165) is 0 Å². The number of carbonyl (C=O) groups is 1. The molecule has 0 fully saturated rings. The summed E-state index contributed by atoms with van der Waals surface area (Å²) < 4.78 is 21.9. The molecule has 0 radical (unpaired) electrons. The summed E-state index contributed by atoms with van der Waals surface area (Å²) in [5.74, 6) is -0.356. The average molecular weight is 263 g/mol. The molecule has 0 bridgehead atoms. The van der Waals surface area contributed by atoms with Crippen LogP contribution in [0.1, 0.15) is 6.92 Å². The molecule has 0 aliphatic rings. The fourth-order valence-corrected chi connectivity index (χ4v) is 1.54. The van der Waals surface area contributed by atoms with Gasteiger partial charge in [0.05, 0.1) is 4.90 Å². The van der Waals surface area contributed by atoms with Gasteiger partial charge in [0.2, 0.25) is 15.9 Å². The maximum absolute atomic E-state index is 11.2. The number of amides is 1. The van der Waals surface area contributed by atoms with Gasteiger partial charge in [-0.05, 0) is 31.2 Å². The van der Waals surface area contributed by atoms with Gasteiger partial charge in [-0.2, -0.15) is 0 Å². The Hall–Kier alpha value is -1.11. The third kappa shape index (κ3) is 3.48. The lowest BCUT2D eigenvalue weighted by atomic mass is 10.3. The Morgan fingerprint density at radius 2 is 1.88 bits per heavy atom. The fraction of sp³-hybridized carbons (Fsp3) is 0.222. The van der Waals surface area contributed by atoms with E-state index >= 15 is 0 Å². The van der Waals surface area contributed by atoms with E-state index in [9.17, 15) is 13.2 Å². The minimum absolute atomic E-state index is 0.00980. The Bertz CT molecular complexity index is 482. The normalized spacial score (nSPS) is 13.2. The van der Waals surface area contributed by atoms with Crippen LogP contribution >= 0.6 is 11.6 Å². The topological polar surface area (TPSA) is 89.3 Å². The van der Waals surface area contributed by atoms with Crippen molar-refractivity contribution < 1.29 is 13.2 Å². The van der Waals surface area contributed by atoms with Crippen LogP contribution < -0.4 is 10.5 Å². The molecule has 0 unspecified atom stereocenters. The summed E-state index contributed by atoms with van der Waals surface area (Å²) in [7, 11) is -3.70. The van der Waals surface area contributed by atoms with Crippen molar-refractivity contribution in [3.05, 3.63) is 24.3 Å². The Kier molecular flexibility index (Phi) is 3.90. The lowest BCUT2D eigenvalue weighted by Crippen LogP contribution is -2.20. The van der Waals surface area contributed by atoms with Crippen molar-refractivity contribution in [2.75, 3.05) is 5.32 Å². The van der Waals surface area contributed by atoms with E-state index in [-0.39, 0.29) is 10.8 Å². The van der Waals surface area contributed by atoms with Gasteiger partial charge in [0.15, 0.2) is 0 Å². The summed E-state index contributed by atoms with van der Waals surface area (Å²) in [5, 5.41) is 6.78. The zero-order chi connectivity index (χ0) is 12.3. The lowest BCUT2D eigenvalue weighted by molar-refractivity contribution is -0.115. The van der Waals surface area contributed by atoms with Crippen molar-refractivity contribution in [3.8, 4) is 0 Å². The standard InChI is InChI=1S/C9H11ClN2O3S/c1-6(10)9(13)12-7-2-4-8(5-3-7)16(11,14)15/h2-6H,1H3,(H,12,13)(H2,11,14,15)/t6-/m0/s1. The Morgan fingerprint density at radius 1 is 1.38 bits per heavy atom. The molecular formula is C9H11ClN2O3S. The second kappa shape index (κ2) is 4.82. The van der Waals surface area contributed by atoms with Gasteiger partial charge in [0.1, 0.15) is 5.38 Å².